The van der Waals surface area contributed by atoms with E-state index in [0.29, 0.717) is 18.8 Å². The first-order chi connectivity index (χ1) is 15.6. The van der Waals surface area contributed by atoms with Gasteiger partial charge in [-0.3, -0.25) is 9.59 Å². The second kappa shape index (κ2) is 13.6. The molecule has 2 N–H and O–H groups in total. The maximum absolute atomic E-state index is 11.7. The van der Waals surface area contributed by atoms with E-state index in [4.69, 9.17) is 14.2 Å². The van der Waals surface area contributed by atoms with Gasteiger partial charge in [0.15, 0.2) is 0 Å². The minimum Gasteiger partial charge on any atom is -0.490 e. The van der Waals surface area contributed by atoms with Gasteiger partial charge in [-0.25, -0.2) is 0 Å². The summed E-state index contributed by atoms with van der Waals surface area (Å²) in [4.78, 5) is 22.2. The maximum Gasteiger partial charge on any atom is 0.223 e. The van der Waals surface area contributed by atoms with Crippen molar-refractivity contribution in [2.45, 2.75) is 83.8 Å². The van der Waals surface area contributed by atoms with E-state index in [2.05, 4.69) is 24.5 Å². The van der Waals surface area contributed by atoms with Crippen molar-refractivity contribution >= 4 is 12.2 Å². The number of ether oxygens (including phenoxy) is 3. The molecule has 4 rings (SSSR count). The minimum atomic E-state index is 0.0279. The summed E-state index contributed by atoms with van der Waals surface area (Å²) in [7, 11) is 1.91. The van der Waals surface area contributed by atoms with Crippen LogP contribution in [-0.2, 0) is 14.3 Å². The van der Waals surface area contributed by atoms with Crippen LogP contribution in [0.15, 0.2) is 24.3 Å². The molecule has 4 unspecified atom stereocenters. The highest BCUT2D eigenvalue weighted by atomic mass is 16.6. The van der Waals surface area contributed by atoms with E-state index >= 15 is 0 Å². The van der Waals surface area contributed by atoms with Gasteiger partial charge in [-0.1, -0.05) is 39.8 Å². The van der Waals surface area contributed by atoms with Crippen LogP contribution >= 0.6 is 0 Å². The summed E-state index contributed by atoms with van der Waals surface area (Å²) in [5.41, 5.74) is 0.661. The molecule has 4 atom stereocenters. The van der Waals surface area contributed by atoms with Gasteiger partial charge in [0.2, 0.25) is 5.91 Å². The standard InChI is InChI=1S/C12H16O2.C11H18N2O3.C2H6/c1-3-11(4-2)14-12-7-5-6-10(8-12)9-13;1-12-7-4-15-10-8(5-16-9(7)10)13-11(14)6-2-3-6;1-2/h5-9,11H,3-4H2,1-2H3;6-10,12H,2-5H2,1H3,(H,13,14);1-2H3. The zero-order valence-electron chi connectivity index (χ0n) is 20.1. The van der Waals surface area contributed by atoms with E-state index in [9.17, 15) is 9.59 Å². The Bertz CT molecular complexity index is 705. The Hall–Kier alpha value is -1.96. The second-order valence-corrected chi connectivity index (χ2v) is 8.13. The molecule has 0 aromatic heterocycles. The molecule has 1 aliphatic carbocycles. The van der Waals surface area contributed by atoms with Gasteiger partial charge >= 0.3 is 0 Å². The second-order valence-electron chi connectivity index (χ2n) is 8.13. The molecule has 7 nitrogen and oxygen atoms in total. The number of hydrogen-bond donors (Lipinski definition) is 2. The first kappa shape index (κ1) is 26.3. The third kappa shape index (κ3) is 7.29. The molecule has 7 heteroatoms. The molecule has 2 heterocycles. The Morgan fingerprint density at radius 3 is 2.31 bits per heavy atom. The number of hydrogen-bond acceptors (Lipinski definition) is 6. The Balaban J connectivity index is 0.000000213. The smallest absolute Gasteiger partial charge is 0.223 e. The van der Waals surface area contributed by atoms with E-state index in [0.717, 1.165) is 37.7 Å². The Kier molecular flexibility index (Phi) is 11.1. The number of aldehydes is 1. The lowest BCUT2D eigenvalue weighted by molar-refractivity contribution is -0.123. The number of amides is 1. The van der Waals surface area contributed by atoms with Gasteiger partial charge in [-0.2, -0.15) is 0 Å². The van der Waals surface area contributed by atoms with E-state index < -0.39 is 0 Å². The normalized spacial score (nSPS) is 25.7. The molecule has 0 bridgehead atoms. The average molecular weight is 449 g/mol. The highest BCUT2D eigenvalue weighted by molar-refractivity contribution is 5.81. The summed E-state index contributed by atoms with van der Waals surface area (Å²) < 4.78 is 17.1. The fourth-order valence-corrected chi connectivity index (χ4v) is 3.83. The van der Waals surface area contributed by atoms with Crippen molar-refractivity contribution in [3.8, 4) is 5.75 Å². The van der Waals surface area contributed by atoms with Crippen LogP contribution in [0.25, 0.3) is 0 Å². The van der Waals surface area contributed by atoms with Crippen LogP contribution in [0.5, 0.6) is 5.75 Å². The third-order valence-corrected chi connectivity index (χ3v) is 5.91. The zero-order valence-corrected chi connectivity index (χ0v) is 20.1. The van der Waals surface area contributed by atoms with Crippen molar-refractivity contribution in [3.63, 3.8) is 0 Å². The summed E-state index contributed by atoms with van der Waals surface area (Å²) in [6, 6.07) is 7.55. The monoisotopic (exact) mass is 448 g/mol. The van der Waals surface area contributed by atoms with E-state index in [1.165, 1.54) is 0 Å². The lowest BCUT2D eigenvalue weighted by Crippen LogP contribution is -2.45. The van der Waals surface area contributed by atoms with Gasteiger partial charge in [0.25, 0.3) is 0 Å². The lowest BCUT2D eigenvalue weighted by atomic mass is 10.1. The minimum absolute atomic E-state index is 0.0279. The molecule has 1 aromatic rings. The summed E-state index contributed by atoms with van der Waals surface area (Å²) in [6.45, 7) is 9.43. The van der Waals surface area contributed by atoms with Gasteiger partial charge in [-0.05, 0) is 44.9 Å². The molecule has 3 aliphatic rings. The Morgan fingerprint density at radius 1 is 1.12 bits per heavy atom. The molecule has 0 radical (unpaired) electrons. The third-order valence-electron chi connectivity index (χ3n) is 5.91. The van der Waals surface area contributed by atoms with E-state index in [-0.39, 0.29) is 42.2 Å². The fraction of sp³-hybridized carbons (Fsp3) is 0.680. The number of carbonyl (C=O) groups is 2. The molecule has 2 saturated heterocycles. The molecule has 1 aromatic carbocycles. The molecule has 0 spiro atoms. The number of rotatable bonds is 8. The van der Waals surface area contributed by atoms with Gasteiger partial charge in [0.05, 0.1) is 31.4 Å². The van der Waals surface area contributed by atoms with E-state index in [1.54, 1.807) is 12.1 Å². The largest absolute Gasteiger partial charge is 0.490 e. The molecule has 32 heavy (non-hydrogen) atoms. The van der Waals surface area contributed by atoms with Gasteiger partial charge in [-0.15, -0.1) is 0 Å². The van der Waals surface area contributed by atoms with Crippen molar-refractivity contribution in [1.82, 2.24) is 10.6 Å². The Labute approximate surface area is 192 Å². The average Bonchev–Trinajstić information content (AvgIpc) is 3.51. The van der Waals surface area contributed by atoms with Crippen LogP contribution < -0.4 is 15.4 Å². The van der Waals surface area contributed by atoms with Gasteiger partial charge < -0.3 is 24.8 Å². The van der Waals surface area contributed by atoms with Crippen molar-refractivity contribution in [1.29, 1.82) is 0 Å². The first-order valence-corrected chi connectivity index (χ1v) is 12.0. The molecule has 1 amide bonds. The zero-order chi connectivity index (χ0) is 23.5. The molecule has 180 valence electrons. The van der Waals surface area contributed by atoms with Gasteiger partial charge in [0, 0.05) is 11.5 Å². The summed E-state index contributed by atoms with van der Waals surface area (Å²) in [6.07, 6.45) is 5.25. The summed E-state index contributed by atoms with van der Waals surface area (Å²) in [5, 5.41) is 6.22. The molecular weight excluding hydrogens is 408 g/mol. The Morgan fingerprint density at radius 2 is 1.75 bits per heavy atom. The number of likely N-dealkylation sites (N-methyl/N-ethyl adjacent to an activating group) is 1. The quantitative estimate of drug-likeness (QED) is 0.593. The van der Waals surface area contributed by atoms with Crippen molar-refractivity contribution < 1.29 is 23.8 Å². The SMILES string of the molecule is CC.CCC(CC)Oc1cccc(C=O)c1.CNC1COC2C(NC(=O)C3CC3)COC12. The molecule has 3 fully saturated rings. The van der Waals surface area contributed by atoms with Crippen LogP contribution in [0.3, 0.4) is 0 Å². The number of fused-ring (bicyclic) bond motifs is 1. The predicted octanol–water partition coefficient (Wildman–Crippen LogP) is 3.36. The lowest BCUT2D eigenvalue weighted by Gasteiger charge is -2.17. The number of carbonyl (C=O) groups excluding carboxylic acids is 2. The molecule has 2 aliphatic heterocycles. The summed E-state index contributed by atoms with van der Waals surface area (Å²) >= 11 is 0. The molecule has 1 saturated carbocycles. The van der Waals surface area contributed by atoms with Gasteiger partial charge in [0.1, 0.15) is 24.2 Å². The number of benzene rings is 1. The van der Waals surface area contributed by atoms with Crippen LogP contribution in [0.2, 0.25) is 0 Å². The van der Waals surface area contributed by atoms with Crippen LogP contribution in [-0.4, -0.2) is 62.9 Å². The topological polar surface area (TPSA) is 85.9 Å². The highest BCUT2D eigenvalue weighted by Gasteiger charge is 2.48. The van der Waals surface area contributed by atoms with Crippen LogP contribution in [0, 0.1) is 5.92 Å². The van der Waals surface area contributed by atoms with Crippen LogP contribution in [0.1, 0.15) is 63.7 Å². The molecular formula is C25H40N2O5. The predicted molar refractivity (Wildman–Crippen MR) is 125 cm³/mol. The van der Waals surface area contributed by atoms with E-state index in [1.807, 2.05) is 33.0 Å². The van der Waals surface area contributed by atoms with Crippen LogP contribution in [0.4, 0.5) is 0 Å². The first-order valence-electron chi connectivity index (χ1n) is 12.0. The van der Waals surface area contributed by atoms with Crippen molar-refractivity contribution in [3.05, 3.63) is 29.8 Å². The highest BCUT2D eigenvalue weighted by Crippen LogP contribution is 2.31. The number of nitrogens with one attached hydrogen (secondary N) is 2. The van der Waals surface area contributed by atoms with Crippen molar-refractivity contribution in [2.75, 3.05) is 20.3 Å². The fourth-order valence-electron chi connectivity index (χ4n) is 3.83. The summed E-state index contributed by atoms with van der Waals surface area (Å²) in [5.74, 6) is 1.20. The van der Waals surface area contributed by atoms with Crippen molar-refractivity contribution in [2.24, 2.45) is 5.92 Å². The maximum atomic E-state index is 11.7.